The molecule has 3 rings (SSSR count). The smallest absolute Gasteiger partial charge is 0.0826 e. The molecule has 1 N–H and O–H groups in total. The third kappa shape index (κ3) is 3.52. The van der Waals surface area contributed by atoms with E-state index in [2.05, 4.69) is 22.2 Å². The molecule has 1 aromatic carbocycles. The predicted molar refractivity (Wildman–Crippen MR) is 85.7 cm³/mol. The number of nitrogens with zero attached hydrogens (tertiary/aromatic N) is 2. The van der Waals surface area contributed by atoms with Crippen molar-refractivity contribution in [3.05, 3.63) is 41.0 Å². The zero-order valence-electron chi connectivity index (χ0n) is 12.2. The SMILES string of the molecule is CN1CCO[C@@H](CNCc2ccc(Cl)c3cccnc23)C1. The van der Waals surface area contributed by atoms with Gasteiger partial charge < -0.3 is 15.0 Å². The largest absolute Gasteiger partial charge is 0.374 e. The fourth-order valence-electron chi connectivity index (χ4n) is 2.70. The standard InChI is InChI=1S/C16H20ClN3O/c1-20-7-8-21-13(11-20)10-18-9-12-4-5-15(17)14-3-2-6-19-16(12)14/h2-6,13,18H,7-11H2,1H3/t13-/m0/s1. The van der Waals surface area contributed by atoms with Gasteiger partial charge in [0.1, 0.15) is 0 Å². The molecule has 0 amide bonds. The van der Waals surface area contributed by atoms with E-state index in [0.717, 1.165) is 48.7 Å². The molecular formula is C16H20ClN3O. The van der Waals surface area contributed by atoms with Crippen LogP contribution in [0.1, 0.15) is 5.56 Å². The maximum Gasteiger partial charge on any atom is 0.0826 e. The lowest BCUT2D eigenvalue weighted by atomic mass is 10.1. The van der Waals surface area contributed by atoms with Crippen LogP contribution in [0.25, 0.3) is 10.9 Å². The van der Waals surface area contributed by atoms with Crippen LogP contribution in [-0.4, -0.2) is 49.3 Å². The van der Waals surface area contributed by atoms with Crippen molar-refractivity contribution >= 4 is 22.5 Å². The molecule has 2 aromatic rings. The van der Waals surface area contributed by atoms with Gasteiger partial charge in [0.25, 0.3) is 0 Å². The number of aromatic nitrogens is 1. The normalized spacial score (nSPS) is 20.0. The van der Waals surface area contributed by atoms with Crippen molar-refractivity contribution in [2.24, 2.45) is 0 Å². The zero-order valence-corrected chi connectivity index (χ0v) is 12.9. The van der Waals surface area contributed by atoms with Crippen LogP contribution in [0.2, 0.25) is 5.02 Å². The molecular weight excluding hydrogens is 286 g/mol. The van der Waals surface area contributed by atoms with Gasteiger partial charge >= 0.3 is 0 Å². The van der Waals surface area contributed by atoms with E-state index in [1.54, 1.807) is 6.20 Å². The number of nitrogens with one attached hydrogen (secondary N) is 1. The molecule has 0 unspecified atom stereocenters. The molecule has 4 nitrogen and oxygen atoms in total. The van der Waals surface area contributed by atoms with Gasteiger partial charge in [-0.1, -0.05) is 17.7 Å². The molecule has 1 fully saturated rings. The van der Waals surface area contributed by atoms with Gasteiger partial charge in [0.2, 0.25) is 0 Å². The lowest BCUT2D eigenvalue weighted by molar-refractivity contribution is -0.0182. The number of morpholine rings is 1. The first kappa shape index (κ1) is 14.7. The number of pyridine rings is 1. The fourth-order valence-corrected chi connectivity index (χ4v) is 2.91. The fraction of sp³-hybridized carbons (Fsp3) is 0.438. The van der Waals surface area contributed by atoms with Crippen LogP contribution in [-0.2, 0) is 11.3 Å². The van der Waals surface area contributed by atoms with Crippen molar-refractivity contribution in [2.75, 3.05) is 33.3 Å². The van der Waals surface area contributed by atoms with E-state index in [9.17, 15) is 0 Å². The minimum atomic E-state index is 0.260. The van der Waals surface area contributed by atoms with Gasteiger partial charge in [-0.25, -0.2) is 0 Å². The van der Waals surface area contributed by atoms with Crippen LogP contribution in [0.3, 0.4) is 0 Å². The van der Waals surface area contributed by atoms with Gasteiger partial charge in [0.15, 0.2) is 0 Å². The molecule has 1 aliphatic heterocycles. The zero-order chi connectivity index (χ0) is 14.7. The molecule has 1 atom stereocenters. The Morgan fingerprint density at radius 2 is 2.33 bits per heavy atom. The maximum absolute atomic E-state index is 6.21. The molecule has 21 heavy (non-hydrogen) atoms. The summed E-state index contributed by atoms with van der Waals surface area (Å²) in [5.74, 6) is 0. The van der Waals surface area contributed by atoms with Crippen molar-refractivity contribution in [1.82, 2.24) is 15.2 Å². The highest BCUT2D eigenvalue weighted by molar-refractivity contribution is 6.35. The third-order valence-corrected chi connectivity index (χ3v) is 4.16. The third-order valence-electron chi connectivity index (χ3n) is 3.83. The number of fused-ring (bicyclic) bond motifs is 1. The first-order valence-electron chi connectivity index (χ1n) is 7.27. The van der Waals surface area contributed by atoms with Crippen molar-refractivity contribution in [3.8, 4) is 0 Å². The van der Waals surface area contributed by atoms with Gasteiger partial charge in [-0.3, -0.25) is 4.98 Å². The monoisotopic (exact) mass is 305 g/mol. The molecule has 0 spiro atoms. The summed E-state index contributed by atoms with van der Waals surface area (Å²) in [4.78, 5) is 6.76. The number of hydrogen-bond acceptors (Lipinski definition) is 4. The topological polar surface area (TPSA) is 37.4 Å². The molecule has 0 bridgehead atoms. The van der Waals surface area contributed by atoms with Crippen LogP contribution in [0, 0.1) is 0 Å². The Balaban J connectivity index is 1.64. The average molecular weight is 306 g/mol. The number of hydrogen-bond donors (Lipinski definition) is 1. The second-order valence-corrected chi connectivity index (χ2v) is 5.90. The Bertz CT molecular complexity index is 619. The molecule has 1 aromatic heterocycles. The van der Waals surface area contributed by atoms with E-state index in [0.29, 0.717) is 0 Å². The van der Waals surface area contributed by atoms with Crippen molar-refractivity contribution < 1.29 is 4.74 Å². The van der Waals surface area contributed by atoms with Gasteiger partial charge in [-0.15, -0.1) is 0 Å². The van der Waals surface area contributed by atoms with Crippen LogP contribution in [0.15, 0.2) is 30.5 Å². The van der Waals surface area contributed by atoms with Crippen molar-refractivity contribution in [2.45, 2.75) is 12.6 Å². The molecule has 0 saturated carbocycles. The molecule has 5 heteroatoms. The highest BCUT2D eigenvalue weighted by atomic mass is 35.5. The highest BCUT2D eigenvalue weighted by Gasteiger charge is 2.17. The van der Waals surface area contributed by atoms with Crippen LogP contribution >= 0.6 is 11.6 Å². The lowest BCUT2D eigenvalue weighted by Gasteiger charge is -2.30. The molecule has 0 radical (unpaired) electrons. The summed E-state index contributed by atoms with van der Waals surface area (Å²) in [5, 5.41) is 5.22. The molecule has 0 aliphatic carbocycles. The second-order valence-electron chi connectivity index (χ2n) is 5.49. The Kier molecular flexibility index (Phi) is 4.70. The highest BCUT2D eigenvalue weighted by Crippen LogP contribution is 2.24. The van der Waals surface area contributed by atoms with Gasteiger partial charge in [0, 0.05) is 42.8 Å². The van der Waals surface area contributed by atoms with Crippen LogP contribution in [0.4, 0.5) is 0 Å². The summed E-state index contributed by atoms with van der Waals surface area (Å²) in [6.45, 7) is 4.43. The Labute approximate surface area is 130 Å². The van der Waals surface area contributed by atoms with Crippen LogP contribution < -0.4 is 5.32 Å². The average Bonchev–Trinajstić information content (AvgIpc) is 2.50. The number of rotatable bonds is 4. The first-order valence-corrected chi connectivity index (χ1v) is 7.65. The first-order chi connectivity index (χ1) is 10.2. The number of likely N-dealkylation sites (N-methyl/N-ethyl adjacent to an activating group) is 1. The molecule has 1 aliphatic rings. The summed E-state index contributed by atoms with van der Waals surface area (Å²) in [5.41, 5.74) is 2.14. The van der Waals surface area contributed by atoms with Gasteiger partial charge in [0.05, 0.1) is 18.2 Å². The Morgan fingerprint density at radius 1 is 1.43 bits per heavy atom. The van der Waals surface area contributed by atoms with E-state index < -0.39 is 0 Å². The summed E-state index contributed by atoms with van der Waals surface area (Å²) in [6, 6.07) is 7.90. The molecule has 2 heterocycles. The quantitative estimate of drug-likeness (QED) is 0.940. The van der Waals surface area contributed by atoms with Crippen molar-refractivity contribution in [1.29, 1.82) is 0 Å². The number of benzene rings is 1. The van der Waals surface area contributed by atoms with E-state index >= 15 is 0 Å². The minimum Gasteiger partial charge on any atom is -0.374 e. The van der Waals surface area contributed by atoms with E-state index in [-0.39, 0.29) is 6.10 Å². The van der Waals surface area contributed by atoms with E-state index in [1.807, 2.05) is 24.3 Å². The summed E-state index contributed by atoms with van der Waals surface area (Å²) >= 11 is 6.21. The summed E-state index contributed by atoms with van der Waals surface area (Å²) in [7, 11) is 2.13. The summed E-state index contributed by atoms with van der Waals surface area (Å²) in [6.07, 6.45) is 2.07. The minimum absolute atomic E-state index is 0.260. The van der Waals surface area contributed by atoms with E-state index in [1.165, 1.54) is 5.56 Å². The number of ether oxygens (including phenoxy) is 1. The van der Waals surface area contributed by atoms with Crippen molar-refractivity contribution in [3.63, 3.8) is 0 Å². The summed E-state index contributed by atoms with van der Waals surface area (Å²) < 4.78 is 5.75. The Hall–Kier alpha value is -1.20. The number of halogens is 1. The van der Waals surface area contributed by atoms with E-state index in [4.69, 9.17) is 16.3 Å². The second kappa shape index (κ2) is 6.71. The van der Waals surface area contributed by atoms with Crippen LogP contribution in [0.5, 0.6) is 0 Å². The van der Waals surface area contributed by atoms with Gasteiger partial charge in [-0.2, -0.15) is 0 Å². The maximum atomic E-state index is 6.21. The van der Waals surface area contributed by atoms with Gasteiger partial charge in [-0.05, 0) is 30.8 Å². The molecule has 112 valence electrons. The lowest BCUT2D eigenvalue weighted by Crippen LogP contribution is -2.44. The predicted octanol–water partition coefficient (Wildman–Crippen LogP) is 2.31. The Morgan fingerprint density at radius 3 is 3.19 bits per heavy atom. The molecule has 1 saturated heterocycles.